The molecule has 1 aromatic heterocycles. The lowest BCUT2D eigenvalue weighted by atomic mass is 10.2. The van der Waals surface area contributed by atoms with Crippen LogP contribution in [0.2, 0.25) is 0 Å². The van der Waals surface area contributed by atoms with Gasteiger partial charge in [-0.15, -0.1) is 0 Å². The van der Waals surface area contributed by atoms with Gasteiger partial charge in [-0.25, -0.2) is 9.97 Å². The summed E-state index contributed by atoms with van der Waals surface area (Å²) < 4.78 is 0. The van der Waals surface area contributed by atoms with Gasteiger partial charge in [0.1, 0.15) is 17.5 Å². The van der Waals surface area contributed by atoms with Crippen molar-refractivity contribution < 1.29 is 0 Å². The molecule has 2 N–H and O–H groups in total. The van der Waals surface area contributed by atoms with Crippen LogP contribution in [0.5, 0.6) is 0 Å². The van der Waals surface area contributed by atoms with Crippen molar-refractivity contribution in [2.75, 3.05) is 17.2 Å². The van der Waals surface area contributed by atoms with Crippen molar-refractivity contribution in [3.05, 3.63) is 11.9 Å². The highest BCUT2D eigenvalue weighted by molar-refractivity contribution is 5.49. The topological polar surface area (TPSA) is 49.8 Å². The molecule has 1 aromatic rings. The largest absolute Gasteiger partial charge is 0.370 e. The van der Waals surface area contributed by atoms with Crippen LogP contribution < -0.4 is 10.6 Å². The molecule has 98 valence electrons. The van der Waals surface area contributed by atoms with Crippen molar-refractivity contribution in [3.63, 3.8) is 0 Å². The van der Waals surface area contributed by atoms with Crippen LogP contribution in [-0.4, -0.2) is 22.6 Å². The van der Waals surface area contributed by atoms with E-state index < -0.39 is 0 Å². The molecule has 1 unspecified atom stereocenters. The first kappa shape index (κ1) is 11.8. The minimum absolute atomic E-state index is 0.420. The fraction of sp³-hybridized carbons (Fsp3) is 0.714. The molecule has 18 heavy (non-hydrogen) atoms. The second kappa shape index (κ2) is 4.11. The molecule has 2 aliphatic rings. The van der Waals surface area contributed by atoms with Gasteiger partial charge in [0.25, 0.3) is 0 Å². The molecule has 4 heteroatoms. The molecule has 2 saturated carbocycles. The molecule has 0 saturated heterocycles. The van der Waals surface area contributed by atoms with Gasteiger partial charge in [0, 0.05) is 24.6 Å². The quantitative estimate of drug-likeness (QED) is 0.838. The van der Waals surface area contributed by atoms with Crippen LogP contribution in [-0.2, 0) is 0 Å². The summed E-state index contributed by atoms with van der Waals surface area (Å²) in [6.45, 7) is 7.57. The van der Waals surface area contributed by atoms with Crippen molar-refractivity contribution in [3.8, 4) is 0 Å². The van der Waals surface area contributed by atoms with E-state index in [1.54, 1.807) is 0 Å². The third kappa shape index (κ3) is 2.42. The molecule has 1 atom stereocenters. The summed E-state index contributed by atoms with van der Waals surface area (Å²) in [4.78, 5) is 9.25. The molecule has 0 radical (unpaired) electrons. The normalized spacial score (nSPS) is 24.7. The lowest BCUT2D eigenvalue weighted by molar-refractivity contribution is 0.629. The highest BCUT2D eigenvalue weighted by atomic mass is 15.1. The average molecular weight is 246 g/mol. The summed E-state index contributed by atoms with van der Waals surface area (Å²) in [6, 6.07) is 2.60. The Morgan fingerprint density at radius 2 is 1.94 bits per heavy atom. The summed E-state index contributed by atoms with van der Waals surface area (Å²) in [5.74, 6) is 3.54. The van der Waals surface area contributed by atoms with Crippen LogP contribution in [0.3, 0.4) is 0 Å². The Morgan fingerprint density at radius 1 is 1.28 bits per heavy atom. The number of aromatic nitrogens is 2. The van der Waals surface area contributed by atoms with Gasteiger partial charge in [-0.1, -0.05) is 13.8 Å². The first-order valence-corrected chi connectivity index (χ1v) is 6.98. The molecule has 0 aliphatic heterocycles. The van der Waals surface area contributed by atoms with E-state index in [-0.39, 0.29) is 0 Å². The van der Waals surface area contributed by atoms with E-state index in [1.165, 1.54) is 19.3 Å². The van der Waals surface area contributed by atoms with Gasteiger partial charge in [-0.3, -0.25) is 0 Å². The van der Waals surface area contributed by atoms with Crippen LogP contribution >= 0.6 is 0 Å². The molecular weight excluding hydrogens is 224 g/mol. The van der Waals surface area contributed by atoms with Crippen molar-refractivity contribution in [2.45, 2.75) is 52.0 Å². The van der Waals surface area contributed by atoms with E-state index >= 15 is 0 Å². The molecule has 2 fully saturated rings. The van der Waals surface area contributed by atoms with E-state index in [1.807, 2.05) is 6.07 Å². The van der Waals surface area contributed by atoms with Crippen molar-refractivity contribution in [1.29, 1.82) is 0 Å². The zero-order valence-corrected chi connectivity index (χ0v) is 11.5. The van der Waals surface area contributed by atoms with Crippen LogP contribution in [0.4, 0.5) is 11.6 Å². The van der Waals surface area contributed by atoms with E-state index in [4.69, 9.17) is 0 Å². The van der Waals surface area contributed by atoms with Gasteiger partial charge >= 0.3 is 0 Å². The van der Waals surface area contributed by atoms with E-state index in [9.17, 15) is 0 Å². The van der Waals surface area contributed by atoms with Crippen molar-refractivity contribution in [2.24, 2.45) is 5.41 Å². The highest BCUT2D eigenvalue weighted by Gasteiger charge is 2.46. The zero-order valence-electron chi connectivity index (χ0n) is 11.5. The number of nitrogens with one attached hydrogen (secondary N) is 2. The summed E-state index contributed by atoms with van der Waals surface area (Å²) in [5.41, 5.74) is 0.420. The SMILES string of the molecule is CCNc1cc(NC2CC2(C)C)nc(C2CC2)n1. The molecule has 0 spiro atoms. The molecule has 1 heterocycles. The van der Waals surface area contributed by atoms with E-state index in [2.05, 4.69) is 41.4 Å². The minimum Gasteiger partial charge on any atom is -0.370 e. The van der Waals surface area contributed by atoms with Gasteiger partial charge in [-0.2, -0.15) is 0 Å². The van der Waals surface area contributed by atoms with Gasteiger partial charge in [0.15, 0.2) is 0 Å². The molecule has 2 aliphatic carbocycles. The Morgan fingerprint density at radius 3 is 2.50 bits per heavy atom. The monoisotopic (exact) mass is 246 g/mol. The molecule has 4 nitrogen and oxygen atoms in total. The van der Waals surface area contributed by atoms with Gasteiger partial charge in [-0.05, 0) is 31.6 Å². The number of nitrogens with zero attached hydrogens (tertiary/aromatic N) is 2. The molecule has 3 rings (SSSR count). The lowest BCUT2D eigenvalue weighted by Gasteiger charge is -2.11. The van der Waals surface area contributed by atoms with Crippen molar-refractivity contribution in [1.82, 2.24) is 9.97 Å². The summed E-state index contributed by atoms with van der Waals surface area (Å²) in [6.07, 6.45) is 3.71. The molecule has 0 amide bonds. The average Bonchev–Trinajstić information content (AvgIpc) is 3.18. The number of rotatable bonds is 5. The summed E-state index contributed by atoms with van der Waals surface area (Å²) in [7, 11) is 0. The lowest BCUT2D eigenvalue weighted by Crippen LogP contribution is -2.12. The predicted molar refractivity (Wildman–Crippen MR) is 74.0 cm³/mol. The third-order valence-electron chi connectivity index (χ3n) is 3.88. The number of anilines is 2. The van der Waals surface area contributed by atoms with Crippen LogP contribution in [0.15, 0.2) is 6.07 Å². The van der Waals surface area contributed by atoms with Gasteiger partial charge in [0.05, 0.1) is 0 Å². The molecule has 0 aromatic carbocycles. The Bertz CT molecular complexity index is 451. The van der Waals surface area contributed by atoms with Crippen LogP contribution in [0.25, 0.3) is 0 Å². The Labute approximate surface area is 109 Å². The standard InChI is InChI=1S/C14H22N4/c1-4-15-11-7-12(16-10-8-14(10,2)3)18-13(17-11)9-5-6-9/h7,9-10H,4-6,8H2,1-3H3,(H2,15,16,17,18). The first-order chi connectivity index (χ1) is 8.58. The maximum atomic E-state index is 4.66. The van der Waals surface area contributed by atoms with Gasteiger partial charge in [0.2, 0.25) is 0 Å². The summed E-state index contributed by atoms with van der Waals surface area (Å²) in [5, 5.41) is 6.83. The third-order valence-corrected chi connectivity index (χ3v) is 3.88. The molecular formula is C14H22N4. The Kier molecular flexibility index (Phi) is 2.68. The summed E-state index contributed by atoms with van der Waals surface area (Å²) >= 11 is 0. The first-order valence-electron chi connectivity index (χ1n) is 6.98. The maximum Gasteiger partial charge on any atom is 0.136 e. The van der Waals surface area contributed by atoms with Gasteiger partial charge < -0.3 is 10.6 Å². The van der Waals surface area contributed by atoms with E-state index in [0.29, 0.717) is 17.4 Å². The minimum atomic E-state index is 0.420. The number of hydrogen-bond acceptors (Lipinski definition) is 4. The predicted octanol–water partition coefficient (Wildman–Crippen LogP) is 3.00. The van der Waals surface area contributed by atoms with Crippen LogP contribution in [0, 0.1) is 5.41 Å². The number of hydrogen-bond donors (Lipinski definition) is 2. The second-order valence-corrected chi connectivity index (χ2v) is 6.19. The fourth-order valence-electron chi connectivity index (χ4n) is 2.23. The van der Waals surface area contributed by atoms with E-state index in [0.717, 1.165) is 24.0 Å². The van der Waals surface area contributed by atoms with Crippen LogP contribution in [0.1, 0.15) is 51.8 Å². The highest BCUT2D eigenvalue weighted by Crippen LogP contribution is 2.46. The Hall–Kier alpha value is -1.32. The zero-order chi connectivity index (χ0) is 12.8. The second-order valence-electron chi connectivity index (χ2n) is 6.19. The van der Waals surface area contributed by atoms with Crippen molar-refractivity contribution >= 4 is 11.6 Å². The smallest absolute Gasteiger partial charge is 0.136 e. The maximum absolute atomic E-state index is 4.66. The molecule has 0 bridgehead atoms. The Balaban J connectivity index is 1.79. The fourth-order valence-corrected chi connectivity index (χ4v) is 2.23.